The zero-order valence-electron chi connectivity index (χ0n) is 10.4. The molecule has 98 valence electrons. The summed E-state index contributed by atoms with van der Waals surface area (Å²) in [5.41, 5.74) is 9.95. The predicted octanol–water partition coefficient (Wildman–Crippen LogP) is 3.74. The molecule has 1 aliphatic heterocycles. The van der Waals surface area contributed by atoms with E-state index in [1.54, 1.807) is 6.07 Å². The SMILES string of the molecule is NCc1ccc(N2CCc3ccc(F)cc32)cc1Br. The highest BCUT2D eigenvalue weighted by molar-refractivity contribution is 9.10. The van der Waals surface area contributed by atoms with Crippen molar-refractivity contribution in [3.63, 3.8) is 0 Å². The molecule has 0 spiro atoms. The lowest BCUT2D eigenvalue weighted by atomic mass is 10.1. The Hall–Kier alpha value is -1.39. The molecule has 0 amide bonds. The third-order valence-corrected chi connectivity index (χ3v) is 4.25. The maximum atomic E-state index is 13.4. The van der Waals surface area contributed by atoms with Gasteiger partial charge in [-0.3, -0.25) is 0 Å². The molecule has 0 bridgehead atoms. The zero-order valence-corrected chi connectivity index (χ0v) is 12.0. The van der Waals surface area contributed by atoms with Gasteiger partial charge in [-0.25, -0.2) is 4.39 Å². The van der Waals surface area contributed by atoms with E-state index in [1.165, 1.54) is 11.6 Å². The zero-order chi connectivity index (χ0) is 13.4. The molecule has 0 aliphatic carbocycles. The Balaban J connectivity index is 2.01. The molecule has 19 heavy (non-hydrogen) atoms. The molecule has 1 heterocycles. The third kappa shape index (κ3) is 2.26. The van der Waals surface area contributed by atoms with Gasteiger partial charge in [0.05, 0.1) is 0 Å². The first-order chi connectivity index (χ1) is 9.19. The molecule has 4 heteroatoms. The van der Waals surface area contributed by atoms with Crippen LogP contribution in [-0.4, -0.2) is 6.54 Å². The fourth-order valence-corrected chi connectivity index (χ4v) is 3.02. The molecule has 2 aromatic rings. The van der Waals surface area contributed by atoms with Crippen LogP contribution >= 0.6 is 15.9 Å². The van der Waals surface area contributed by atoms with Gasteiger partial charge in [0.1, 0.15) is 5.82 Å². The Morgan fingerprint density at radius 2 is 2.05 bits per heavy atom. The predicted molar refractivity (Wildman–Crippen MR) is 79.1 cm³/mol. The lowest BCUT2D eigenvalue weighted by molar-refractivity contribution is 0.628. The van der Waals surface area contributed by atoms with E-state index in [9.17, 15) is 4.39 Å². The number of hydrogen-bond donors (Lipinski definition) is 1. The van der Waals surface area contributed by atoms with Gasteiger partial charge in [0.2, 0.25) is 0 Å². The molecule has 0 saturated carbocycles. The average Bonchev–Trinajstić information content (AvgIpc) is 2.81. The number of halogens is 2. The van der Waals surface area contributed by atoms with Crippen LogP contribution in [0.3, 0.4) is 0 Å². The lowest BCUT2D eigenvalue weighted by Gasteiger charge is -2.20. The minimum Gasteiger partial charge on any atom is -0.341 e. The van der Waals surface area contributed by atoms with Crippen molar-refractivity contribution in [2.45, 2.75) is 13.0 Å². The Labute approximate surface area is 120 Å². The van der Waals surface area contributed by atoms with Crippen molar-refractivity contribution in [1.29, 1.82) is 0 Å². The van der Waals surface area contributed by atoms with Crippen LogP contribution < -0.4 is 10.6 Å². The number of rotatable bonds is 2. The first-order valence-corrected chi connectivity index (χ1v) is 7.03. The molecule has 1 aliphatic rings. The van der Waals surface area contributed by atoms with Crippen LogP contribution in [0.15, 0.2) is 40.9 Å². The van der Waals surface area contributed by atoms with Crippen molar-refractivity contribution in [2.24, 2.45) is 5.73 Å². The van der Waals surface area contributed by atoms with Gasteiger partial charge >= 0.3 is 0 Å². The van der Waals surface area contributed by atoms with E-state index >= 15 is 0 Å². The second kappa shape index (κ2) is 4.94. The molecular formula is C15H14BrFN2. The number of fused-ring (bicyclic) bond motifs is 1. The summed E-state index contributed by atoms with van der Waals surface area (Å²) < 4.78 is 14.4. The summed E-state index contributed by atoms with van der Waals surface area (Å²) in [6, 6.07) is 11.1. The second-order valence-electron chi connectivity index (χ2n) is 4.65. The van der Waals surface area contributed by atoms with E-state index in [0.29, 0.717) is 6.54 Å². The van der Waals surface area contributed by atoms with Gasteiger partial charge < -0.3 is 10.6 Å². The highest BCUT2D eigenvalue weighted by atomic mass is 79.9. The van der Waals surface area contributed by atoms with Crippen LogP contribution in [0.5, 0.6) is 0 Å². The quantitative estimate of drug-likeness (QED) is 0.913. The summed E-state index contributed by atoms with van der Waals surface area (Å²) in [5.74, 6) is -0.191. The van der Waals surface area contributed by atoms with Crippen LogP contribution in [0.1, 0.15) is 11.1 Å². The van der Waals surface area contributed by atoms with Crippen molar-refractivity contribution < 1.29 is 4.39 Å². The van der Waals surface area contributed by atoms with Crippen LogP contribution in [0.25, 0.3) is 0 Å². The Morgan fingerprint density at radius 1 is 1.21 bits per heavy atom. The summed E-state index contributed by atoms with van der Waals surface area (Å²) in [6.07, 6.45) is 0.950. The monoisotopic (exact) mass is 320 g/mol. The van der Waals surface area contributed by atoms with Gasteiger partial charge in [-0.15, -0.1) is 0 Å². The topological polar surface area (TPSA) is 29.3 Å². The highest BCUT2D eigenvalue weighted by Crippen LogP contribution is 2.36. The summed E-state index contributed by atoms with van der Waals surface area (Å²) in [5, 5.41) is 0. The van der Waals surface area contributed by atoms with Crippen molar-refractivity contribution in [2.75, 3.05) is 11.4 Å². The van der Waals surface area contributed by atoms with Crippen LogP contribution in [0.2, 0.25) is 0 Å². The summed E-state index contributed by atoms with van der Waals surface area (Å²) in [4.78, 5) is 2.14. The largest absolute Gasteiger partial charge is 0.341 e. The first kappa shape index (κ1) is 12.6. The first-order valence-electron chi connectivity index (χ1n) is 6.23. The fraction of sp³-hybridized carbons (Fsp3) is 0.200. The van der Waals surface area contributed by atoms with Crippen molar-refractivity contribution in [3.8, 4) is 0 Å². The lowest BCUT2D eigenvalue weighted by Crippen LogP contribution is -2.13. The van der Waals surface area contributed by atoms with Gasteiger partial charge in [0, 0.05) is 28.9 Å². The standard InChI is InChI=1S/C15H14BrFN2/c16-14-8-13(4-2-11(14)9-18)19-6-5-10-1-3-12(17)7-15(10)19/h1-4,7-8H,5-6,9,18H2. The molecule has 0 aromatic heterocycles. The van der Waals surface area contributed by atoms with Crippen molar-refractivity contribution in [1.82, 2.24) is 0 Å². The molecule has 0 saturated heterocycles. The normalized spacial score (nSPS) is 13.7. The van der Waals surface area contributed by atoms with Crippen LogP contribution in [0, 0.1) is 5.82 Å². The number of hydrogen-bond acceptors (Lipinski definition) is 2. The number of nitrogens with two attached hydrogens (primary N) is 1. The maximum absolute atomic E-state index is 13.4. The van der Waals surface area contributed by atoms with Gasteiger partial charge in [0.25, 0.3) is 0 Å². The van der Waals surface area contributed by atoms with E-state index in [2.05, 4.69) is 20.8 Å². The average molecular weight is 321 g/mol. The number of benzene rings is 2. The summed E-state index contributed by atoms with van der Waals surface area (Å²) in [6.45, 7) is 1.39. The Bertz CT molecular complexity index is 628. The Morgan fingerprint density at radius 3 is 2.79 bits per heavy atom. The van der Waals surface area contributed by atoms with E-state index in [0.717, 1.165) is 34.4 Å². The molecule has 0 radical (unpaired) electrons. The molecule has 2 aromatic carbocycles. The Kier molecular flexibility index (Phi) is 3.29. The van der Waals surface area contributed by atoms with Gasteiger partial charge in [0.15, 0.2) is 0 Å². The third-order valence-electron chi connectivity index (χ3n) is 3.51. The number of nitrogens with zero attached hydrogens (tertiary/aromatic N) is 1. The van der Waals surface area contributed by atoms with E-state index in [4.69, 9.17) is 5.73 Å². The molecule has 0 fully saturated rings. The van der Waals surface area contributed by atoms with Gasteiger partial charge in [-0.2, -0.15) is 0 Å². The summed E-state index contributed by atoms with van der Waals surface area (Å²) in [7, 11) is 0. The number of anilines is 2. The highest BCUT2D eigenvalue weighted by Gasteiger charge is 2.21. The van der Waals surface area contributed by atoms with E-state index in [1.807, 2.05) is 24.3 Å². The molecular weight excluding hydrogens is 307 g/mol. The van der Waals surface area contributed by atoms with Crippen molar-refractivity contribution >= 4 is 27.3 Å². The fourth-order valence-electron chi connectivity index (χ4n) is 2.49. The molecule has 2 N–H and O–H groups in total. The maximum Gasteiger partial charge on any atom is 0.125 e. The van der Waals surface area contributed by atoms with Gasteiger partial charge in [-0.05, 0) is 41.8 Å². The summed E-state index contributed by atoms with van der Waals surface area (Å²) >= 11 is 3.53. The van der Waals surface area contributed by atoms with Crippen LogP contribution in [-0.2, 0) is 13.0 Å². The minimum absolute atomic E-state index is 0.191. The molecule has 2 nitrogen and oxygen atoms in total. The van der Waals surface area contributed by atoms with Gasteiger partial charge in [-0.1, -0.05) is 28.1 Å². The van der Waals surface area contributed by atoms with Crippen LogP contribution in [0.4, 0.5) is 15.8 Å². The second-order valence-corrected chi connectivity index (χ2v) is 5.51. The minimum atomic E-state index is -0.191. The van der Waals surface area contributed by atoms with Crippen molar-refractivity contribution in [3.05, 3.63) is 57.8 Å². The smallest absolute Gasteiger partial charge is 0.125 e. The molecule has 0 unspecified atom stereocenters. The molecule has 0 atom stereocenters. The van der Waals surface area contributed by atoms with E-state index in [-0.39, 0.29) is 5.82 Å². The molecule has 3 rings (SSSR count). The van der Waals surface area contributed by atoms with E-state index < -0.39 is 0 Å².